The lowest BCUT2D eigenvalue weighted by atomic mass is 10.1. The zero-order valence-electron chi connectivity index (χ0n) is 10.1. The van der Waals surface area contributed by atoms with Crippen molar-refractivity contribution in [1.29, 1.82) is 0 Å². The van der Waals surface area contributed by atoms with E-state index < -0.39 is 0 Å². The van der Waals surface area contributed by atoms with Crippen LogP contribution in [0, 0.1) is 13.8 Å². The fourth-order valence-corrected chi connectivity index (χ4v) is 2.20. The smallest absolute Gasteiger partial charge is 0.0835 e. The van der Waals surface area contributed by atoms with Gasteiger partial charge in [-0.25, -0.2) is 4.68 Å². The van der Waals surface area contributed by atoms with Crippen molar-refractivity contribution in [2.45, 2.75) is 20.3 Å². The summed E-state index contributed by atoms with van der Waals surface area (Å²) in [6.45, 7) is 4.62. The van der Waals surface area contributed by atoms with E-state index in [0.29, 0.717) is 11.6 Å². The van der Waals surface area contributed by atoms with E-state index in [9.17, 15) is 0 Å². The molecule has 0 atom stereocenters. The van der Waals surface area contributed by atoms with Crippen molar-refractivity contribution in [3.05, 3.63) is 46.2 Å². The van der Waals surface area contributed by atoms with Crippen LogP contribution < -0.4 is 5.73 Å². The van der Waals surface area contributed by atoms with Crippen LogP contribution in [0.15, 0.2) is 24.3 Å². The molecule has 1 aromatic carbocycles. The maximum Gasteiger partial charge on any atom is 0.0835 e. The summed E-state index contributed by atoms with van der Waals surface area (Å²) in [7, 11) is 0. The topological polar surface area (TPSA) is 43.8 Å². The van der Waals surface area contributed by atoms with Gasteiger partial charge in [-0.15, -0.1) is 0 Å². The van der Waals surface area contributed by atoms with E-state index in [2.05, 4.69) is 5.10 Å². The summed E-state index contributed by atoms with van der Waals surface area (Å²) in [4.78, 5) is 0. The Morgan fingerprint density at radius 3 is 2.59 bits per heavy atom. The number of hydrogen-bond donors (Lipinski definition) is 1. The first-order valence-corrected chi connectivity index (χ1v) is 6.01. The minimum atomic E-state index is 0.635. The van der Waals surface area contributed by atoms with Crippen LogP contribution in [0.5, 0.6) is 0 Å². The molecule has 90 valence electrons. The number of halogens is 1. The van der Waals surface area contributed by atoms with Crippen molar-refractivity contribution in [3.8, 4) is 5.69 Å². The van der Waals surface area contributed by atoms with Crippen molar-refractivity contribution in [2.24, 2.45) is 5.73 Å². The van der Waals surface area contributed by atoms with Crippen LogP contribution in [-0.2, 0) is 6.42 Å². The van der Waals surface area contributed by atoms with Crippen LogP contribution in [0.4, 0.5) is 0 Å². The summed E-state index contributed by atoms with van der Waals surface area (Å²) >= 11 is 6.28. The molecule has 3 nitrogen and oxygen atoms in total. The fourth-order valence-electron chi connectivity index (χ4n) is 1.92. The Bertz CT molecular complexity index is 531. The maximum atomic E-state index is 6.28. The SMILES string of the molecule is Cc1cc(C)n(-c2ccc(CCN)cc2Cl)n1. The molecule has 17 heavy (non-hydrogen) atoms. The van der Waals surface area contributed by atoms with Crippen LogP contribution in [-0.4, -0.2) is 16.3 Å². The largest absolute Gasteiger partial charge is 0.330 e. The zero-order valence-corrected chi connectivity index (χ0v) is 10.8. The number of aromatic nitrogens is 2. The van der Waals surface area contributed by atoms with E-state index >= 15 is 0 Å². The van der Waals surface area contributed by atoms with Crippen molar-refractivity contribution in [1.82, 2.24) is 9.78 Å². The van der Waals surface area contributed by atoms with Gasteiger partial charge < -0.3 is 5.73 Å². The maximum absolute atomic E-state index is 6.28. The summed E-state index contributed by atoms with van der Waals surface area (Å²) < 4.78 is 1.86. The quantitative estimate of drug-likeness (QED) is 0.909. The van der Waals surface area contributed by atoms with E-state index in [-0.39, 0.29) is 0 Å². The molecule has 2 N–H and O–H groups in total. The lowest BCUT2D eigenvalue weighted by Crippen LogP contribution is -2.04. The Labute approximate surface area is 106 Å². The molecular formula is C13H16ClN3. The minimum absolute atomic E-state index is 0.635. The van der Waals surface area contributed by atoms with Gasteiger partial charge in [-0.05, 0) is 50.6 Å². The Balaban J connectivity index is 2.43. The molecule has 0 saturated heterocycles. The van der Waals surface area contributed by atoms with E-state index in [0.717, 1.165) is 29.1 Å². The Morgan fingerprint density at radius 2 is 2.06 bits per heavy atom. The van der Waals surface area contributed by atoms with Gasteiger partial charge in [0.05, 0.1) is 16.4 Å². The van der Waals surface area contributed by atoms with Crippen molar-refractivity contribution < 1.29 is 0 Å². The average molecular weight is 250 g/mol. The van der Waals surface area contributed by atoms with Crippen molar-refractivity contribution >= 4 is 11.6 Å². The summed E-state index contributed by atoms with van der Waals surface area (Å²) in [6.07, 6.45) is 0.844. The lowest BCUT2D eigenvalue weighted by molar-refractivity contribution is 0.832. The molecule has 2 rings (SSSR count). The molecular weight excluding hydrogens is 234 g/mol. The summed E-state index contributed by atoms with van der Waals surface area (Å²) in [6, 6.07) is 8.03. The van der Waals surface area contributed by atoms with Gasteiger partial charge >= 0.3 is 0 Å². The zero-order chi connectivity index (χ0) is 12.4. The first-order valence-electron chi connectivity index (χ1n) is 5.64. The second-order valence-corrected chi connectivity index (χ2v) is 4.57. The van der Waals surface area contributed by atoms with Gasteiger partial charge in [0.25, 0.3) is 0 Å². The number of benzene rings is 1. The van der Waals surface area contributed by atoms with Gasteiger partial charge in [-0.2, -0.15) is 5.10 Å². The standard InChI is InChI=1S/C13H16ClN3/c1-9-7-10(2)17(16-9)13-4-3-11(5-6-15)8-12(13)14/h3-4,7-8H,5-6,15H2,1-2H3. The Hall–Kier alpha value is -1.32. The first-order chi connectivity index (χ1) is 8.11. The highest BCUT2D eigenvalue weighted by molar-refractivity contribution is 6.32. The predicted molar refractivity (Wildman–Crippen MR) is 70.8 cm³/mol. The highest BCUT2D eigenvalue weighted by Gasteiger charge is 2.08. The van der Waals surface area contributed by atoms with Crippen molar-refractivity contribution in [3.63, 3.8) is 0 Å². The van der Waals surface area contributed by atoms with E-state index in [1.165, 1.54) is 0 Å². The molecule has 0 aliphatic heterocycles. The number of nitrogens with two attached hydrogens (primary N) is 1. The Kier molecular flexibility index (Phi) is 3.50. The highest BCUT2D eigenvalue weighted by Crippen LogP contribution is 2.23. The van der Waals surface area contributed by atoms with Gasteiger partial charge in [-0.1, -0.05) is 17.7 Å². The van der Waals surface area contributed by atoms with Crippen molar-refractivity contribution in [2.75, 3.05) is 6.54 Å². The third-order valence-electron chi connectivity index (χ3n) is 2.68. The average Bonchev–Trinajstić information content (AvgIpc) is 2.58. The van der Waals surface area contributed by atoms with Crippen LogP contribution in [0.3, 0.4) is 0 Å². The van der Waals surface area contributed by atoms with Crippen LogP contribution >= 0.6 is 11.6 Å². The number of hydrogen-bond acceptors (Lipinski definition) is 2. The summed E-state index contributed by atoms with van der Waals surface area (Å²) in [5.74, 6) is 0. The lowest BCUT2D eigenvalue weighted by Gasteiger charge is -2.08. The number of aryl methyl sites for hydroxylation is 2. The Morgan fingerprint density at radius 1 is 1.29 bits per heavy atom. The minimum Gasteiger partial charge on any atom is -0.330 e. The molecule has 0 radical (unpaired) electrons. The van der Waals surface area contributed by atoms with Crippen LogP contribution in [0.1, 0.15) is 17.0 Å². The molecule has 1 aromatic heterocycles. The van der Waals surface area contributed by atoms with Gasteiger partial charge in [0.2, 0.25) is 0 Å². The monoisotopic (exact) mass is 249 g/mol. The van der Waals surface area contributed by atoms with E-state index in [4.69, 9.17) is 17.3 Å². The van der Waals surface area contributed by atoms with Gasteiger partial charge in [-0.3, -0.25) is 0 Å². The molecule has 0 aliphatic rings. The van der Waals surface area contributed by atoms with Crippen LogP contribution in [0.25, 0.3) is 5.69 Å². The fraction of sp³-hybridized carbons (Fsp3) is 0.308. The molecule has 0 spiro atoms. The van der Waals surface area contributed by atoms with Crippen LogP contribution in [0.2, 0.25) is 5.02 Å². The number of rotatable bonds is 3. The van der Waals surface area contributed by atoms with E-state index in [1.807, 2.05) is 42.8 Å². The van der Waals surface area contributed by atoms with Gasteiger partial charge in [0.15, 0.2) is 0 Å². The molecule has 0 saturated carbocycles. The molecule has 0 fully saturated rings. The second kappa shape index (κ2) is 4.90. The normalized spacial score (nSPS) is 10.8. The van der Waals surface area contributed by atoms with Gasteiger partial charge in [0.1, 0.15) is 0 Å². The van der Waals surface area contributed by atoms with Gasteiger partial charge in [0, 0.05) is 5.69 Å². The molecule has 0 amide bonds. The summed E-state index contributed by atoms with van der Waals surface area (Å²) in [5.41, 5.74) is 9.67. The molecule has 0 aliphatic carbocycles. The molecule has 0 unspecified atom stereocenters. The first kappa shape index (κ1) is 12.1. The molecule has 0 bridgehead atoms. The molecule has 1 heterocycles. The predicted octanol–water partition coefficient (Wildman–Crippen LogP) is 2.64. The second-order valence-electron chi connectivity index (χ2n) is 4.16. The third-order valence-corrected chi connectivity index (χ3v) is 2.99. The summed E-state index contributed by atoms with van der Waals surface area (Å²) in [5, 5.41) is 5.13. The third kappa shape index (κ3) is 2.51. The number of nitrogens with zero attached hydrogens (tertiary/aromatic N) is 2. The van der Waals surface area contributed by atoms with E-state index in [1.54, 1.807) is 0 Å². The highest BCUT2D eigenvalue weighted by atomic mass is 35.5. The molecule has 4 heteroatoms. The molecule has 2 aromatic rings.